The molecule has 0 radical (unpaired) electrons. The van der Waals surface area contributed by atoms with Crippen molar-refractivity contribution in [1.82, 2.24) is 0 Å². The van der Waals surface area contributed by atoms with Gasteiger partial charge in [-0.25, -0.2) is 4.79 Å². The number of Topliss-reactive ketones (excluding diaryl/α,β-unsaturated/α-hetero) is 2. The van der Waals surface area contributed by atoms with Crippen LogP contribution in [0.3, 0.4) is 0 Å². The molecule has 2 N–H and O–H groups in total. The summed E-state index contributed by atoms with van der Waals surface area (Å²) in [4.78, 5) is 36.8. The summed E-state index contributed by atoms with van der Waals surface area (Å²) in [7, 11) is 0. The second-order valence-electron chi connectivity index (χ2n) is 9.45. The molecule has 6 nitrogen and oxygen atoms in total. The van der Waals surface area contributed by atoms with Crippen LogP contribution in [0.1, 0.15) is 64.7 Å². The molecule has 154 valence electrons. The van der Waals surface area contributed by atoms with Crippen LogP contribution in [0.25, 0.3) is 0 Å². The van der Waals surface area contributed by atoms with Crippen LogP contribution in [-0.2, 0) is 19.1 Å². The Morgan fingerprint density at radius 3 is 2.57 bits per heavy atom. The minimum absolute atomic E-state index is 0.00326. The summed E-state index contributed by atoms with van der Waals surface area (Å²) in [6.45, 7) is 2.37. The van der Waals surface area contributed by atoms with E-state index in [0.717, 1.165) is 12.0 Å². The highest BCUT2D eigenvalue weighted by Crippen LogP contribution is 2.64. The van der Waals surface area contributed by atoms with Gasteiger partial charge in [0.15, 0.2) is 0 Å². The number of fused-ring (bicyclic) bond motifs is 3. The van der Waals surface area contributed by atoms with Crippen LogP contribution in [0, 0.1) is 23.2 Å². The van der Waals surface area contributed by atoms with Crippen molar-refractivity contribution in [2.24, 2.45) is 23.2 Å². The molecule has 0 spiro atoms. The van der Waals surface area contributed by atoms with Gasteiger partial charge in [-0.1, -0.05) is 6.92 Å². The van der Waals surface area contributed by atoms with Gasteiger partial charge in [0.2, 0.25) is 0 Å². The molecule has 3 fully saturated rings. The van der Waals surface area contributed by atoms with Crippen LogP contribution in [0.5, 0.6) is 0 Å². The van der Waals surface area contributed by atoms with E-state index in [1.807, 2.05) is 0 Å². The first-order valence-electron chi connectivity index (χ1n) is 10.6. The molecule has 0 unspecified atom stereocenters. The third kappa shape index (κ3) is 3.05. The fraction of sp³-hybridized carbons (Fsp3) is 0.773. The van der Waals surface area contributed by atoms with Gasteiger partial charge < -0.3 is 14.9 Å². The normalized spacial score (nSPS) is 44.5. The Kier molecular flexibility index (Phi) is 4.99. The largest absolute Gasteiger partial charge is 0.458 e. The Hall–Kier alpha value is -1.53. The molecule has 0 amide bonds. The maximum Gasteiger partial charge on any atom is 0.331 e. The highest BCUT2D eigenvalue weighted by Gasteiger charge is 2.64. The minimum atomic E-state index is -1.03. The van der Waals surface area contributed by atoms with Crippen molar-refractivity contribution in [2.75, 3.05) is 6.61 Å². The lowest BCUT2D eigenvalue weighted by Gasteiger charge is -2.54. The van der Waals surface area contributed by atoms with Gasteiger partial charge >= 0.3 is 5.97 Å². The summed E-state index contributed by atoms with van der Waals surface area (Å²) < 4.78 is 5.11. The van der Waals surface area contributed by atoms with E-state index in [-0.39, 0.29) is 48.1 Å². The first-order valence-corrected chi connectivity index (χ1v) is 10.6. The summed E-state index contributed by atoms with van der Waals surface area (Å²) in [5, 5.41) is 21.9. The number of ether oxygens (including phenoxy) is 1. The van der Waals surface area contributed by atoms with Crippen LogP contribution < -0.4 is 0 Å². The Labute approximate surface area is 165 Å². The predicted octanol–water partition coefficient (Wildman–Crippen LogP) is 2.11. The third-order valence-electron chi connectivity index (χ3n) is 8.11. The number of aliphatic hydroxyl groups excluding tert-OH is 1. The molecule has 0 saturated heterocycles. The monoisotopic (exact) mass is 390 g/mol. The fourth-order valence-electron chi connectivity index (χ4n) is 6.55. The predicted molar refractivity (Wildman–Crippen MR) is 100 cm³/mol. The second kappa shape index (κ2) is 7.06. The lowest BCUT2D eigenvalue weighted by molar-refractivity contribution is -0.168. The first kappa shape index (κ1) is 19.8. The van der Waals surface area contributed by atoms with Gasteiger partial charge in [0.1, 0.15) is 18.2 Å². The number of carbonyl (C=O) groups excluding carboxylic acids is 3. The number of aliphatic hydroxyl groups is 2. The first-order chi connectivity index (χ1) is 13.2. The average Bonchev–Trinajstić information content (AvgIpc) is 3.17. The van der Waals surface area contributed by atoms with Gasteiger partial charge in [-0.05, 0) is 55.9 Å². The number of hydrogen-bond donors (Lipinski definition) is 2. The number of ketones is 2. The maximum absolute atomic E-state index is 12.9. The Balaban J connectivity index is 1.65. The third-order valence-corrected chi connectivity index (χ3v) is 8.11. The van der Waals surface area contributed by atoms with Gasteiger partial charge in [-0.2, -0.15) is 0 Å². The quantitative estimate of drug-likeness (QED) is 0.665. The van der Waals surface area contributed by atoms with Crippen LogP contribution in [0.15, 0.2) is 11.6 Å². The molecule has 6 heteroatoms. The van der Waals surface area contributed by atoms with Gasteiger partial charge in [0.05, 0.1) is 11.7 Å². The molecule has 1 heterocycles. The van der Waals surface area contributed by atoms with E-state index in [9.17, 15) is 24.6 Å². The van der Waals surface area contributed by atoms with Crippen molar-refractivity contribution in [3.8, 4) is 0 Å². The molecule has 28 heavy (non-hydrogen) atoms. The minimum Gasteiger partial charge on any atom is -0.458 e. The van der Waals surface area contributed by atoms with E-state index in [1.54, 1.807) is 6.08 Å². The van der Waals surface area contributed by atoms with Gasteiger partial charge in [-0.3, -0.25) is 9.59 Å². The Bertz CT molecular complexity index is 727. The van der Waals surface area contributed by atoms with E-state index in [0.29, 0.717) is 45.1 Å². The molecule has 0 aromatic heterocycles. The lowest BCUT2D eigenvalue weighted by atomic mass is 9.52. The molecule has 4 rings (SSSR count). The van der Waals surface area contributed by atoms with Crippen LogP contribution in [-0.4, -0.2) is 46.1 Å². The smallest absolute Gasteiger partial charge is 0.331 e. The number of cyclic esters (lactones) is 1. The van der Waals surface area contributed by atoms with E-state index in [4.69, 9.17) is 4.74 Å². The van der Waals surface area contributed by atoms with E-state index in [2.05, 4.69) is 6.92 Å². The molecular weight excluding hydrogens is 360 g/mol. The highest BCUT2D eigenvalue weighted by molar-refractivity contribution is 5.85. The zero-order valence-electron chi connectivity index (χ0n) is 16.5. The SMILES string of the molecule is C[C@]12CC[C@@H]3C(=O)CC[C@H](O)CC(=O)CC[C@H]3[C@@]1(O)CC[C@H]2C1=CC(=O)OC1. The zero-order chi connectivity index (χ0) is 20.1. The Morgan fingerprint density at radius 1 is 1.07 bits per heavy atom. The molecular formula is C22H30O6. The van der Waals surface area contributed by atoms with E-state index >= 15 is 0 Å². The lowest BCUT2D eigenvalue weighted by Crippen LogP contribution is -2.58. The van der Waals surface area contributed by atoms with E-state index in [1.165, 1.54) is 0 Å². The van der Waals surface area contributed by atoms with Crippen LogP contribution in [0.2, 0.25) is 0 Å². The van der Waals surface area contributed by atoms with Gasteiger partial charge in [0, 0.05) is 36.7 Å². The highest BCUT2D eigenvalue weighted by atomic mass is 16.5. The summed E-state index contributed by atoms with van der Waals surface area (Å²) in [6.07, 6.45) is 5.00. The molecule has 0 bridgehead atoms. The van der Waals surface area contributed by atoms with E-state index < -0.39 is 17.1 Å². The van der Waals surface area contributed by atoms with Crippen LogP contribution >= 0.6 is 0 Å². The maximum atomic E-state index is 12.9. The average molecular weight is 390 g/mol. The number of carbonyl (C=O) groups is 3. The fourth-order valence-corrected chi connectivity index (χ4v) is 6.55. The second-order valence-corrected chi connectivity index (χ2v) is 9.45. The van der Waals surface area contributed by atoms with Gasteiger partial charge in [-0.15, -0.1) is 0 Å². The summed E-state index contributed by atoms with van der Waals surface area (Å²) >= 11 is 0. The standard InChI is InChI=1S/C22H30O6/c1-21-8-6-16-18(4-2-14(23)11-15(24)3-5-19(16)25)22(21,27)9-7-17(21)13-10-20(26)28-12-13/h10,15-18,24,27H,2-9,11-12H2,1H3/t15-,16-,17-,18+,21+,22-/m0/s1. The van der Waals surface area contributed by atoms with Gasteiger partial charge in [0.25, 0.3) is 0 Å². The molecule has 3 saturated carbocycles. The van der Waals surface area contributed by atoms with Crippen LogP contribution in [0.4, 0.5) is 0 Å². The topological polar surface area (TPSA) is 101 Å². The zero-order valence-corrected chi connectivity index (χ0v) is 16.5. The molecule has 6 atom stereocenters. The van der Waals surface area contributed by atoms with Crippen molar-refractivity contribution in [1.29, 1.82) is 0 Å². The molecule has 4 aliphatic rings. The number of esters is 1. The summed E-state index contributed by atoms with van der Waals surface area (Å²) in [6, 6.07) is 0. The molecule has 0 aromatic rings. The summed E-state index contributed by atoms with van der Waals surface area (Å²) in [5.41, 5.74) is -0.505. The number of rotatable bonds is 1. The Morgan fingerprint density at radius 2 is 1.86 bits per heavy atom. The van der Waals surface area contributed by atoms with Crippen molar-refractivity contribution in [3.05, 3.63) is 11.6 Å². The molecule has 3 aliphatic carbocycles. The van der Waals surface area contributed by atoms with Crippen molar-refractivity contribution in [3.63, 3.8) is 0 Å². The molecule has 1 aliphatic heterocycles. The van der Waals surface area contributed by atoms with Crippen molar-refractivity contribution in [2.45, 2.75) is 76.4 Å². The number of hydrogen-bond acceptors (Lipinski definition) is 6. The van der Waals surface area contributed by atoms with Crippen molar-refractivity contribution >= 4 is 17.5 Å². The molecule has 0 aromatic carbocycles. The summed E-state index contributed by atoms with van der Waals surface area (Å²) in [5.74, 6) is -0.653. The van der Waals surface area contributed by atoms with Crippen molar-refractivity contribution < 1.29 is 29.3 Å².